The summed E-state index contributed by atoms with van der Waals surface area (Å²) in [6, 6.07) is 6.59. The summed E-state index contributed by atoms with van der Waals surface area (Å²) in [5.74, 6) is 0. The maximum Gasteiger partial charge on any atom is 0.179 e. The van der Waals surface area contributed by atoms with Gasteiger partial charge in [-0.25, -0.2) is 0 Å². The van der Waals surface area contributed by atoms with E-state index in [-0.39, 0.29) is 0 Å². The molecule has 2 rings (SSSR count). The summed E-state index contributed by atoms with van der Waals surface area (Å²) in [4.78, 5) is 3.00. The van der Waals surface area contributed by atoms with Crippen LogP contribution < -0.4 is 4.72 Å². The van der Waals surface area contributed by atoms with Crippen molar-refractivity contribution in [2.75, 3.05) is 26.8 Å². The number of ether oxygens (including phenoxy) is 1. The van der Waals surface area contributed by atoms with E-state index in [1.165, 1.54) is 12.8 Å². The zero-order valence-corrected chi connectivity index (χ0v) is 16.8. The van der Waals surface area contributed by atoms with Crippen LogP contribution in [0.4, 0.5) is 0 Å². The number of hydrogen-bond acceptors (Lipinski definition) is 5. The van der Waals surface area contributed by atoms with Crippen LogP contribution in [0.3, 0.4) is 0 Å². The Labute approximate surface area is 154 Å². The summed E-state index contributed by atoms with van der Waals surface area (Å²) in [6.07, 6.45) is 4.52. The molecule has 4 nitrogen and oxygen atoms in total. The molecule has 1 aliphatic rings. The lowest BCUT2D eigenvalue weighted by molar-refractivity contribution is 0.205. The molecule has 1 fully saturated rings. The van der Waals surface area contributed by atoms with Gasteiger partial charge < -0.3 is 9.64 Å². The van der Waals surface area contributed by atoms with Gasteiger partial charge in [0.2, 0.25) is 0 Å². The molecule has 0 amide bonds. The van der Waals surface area contributed by atoms with Gasteiger partial charge in [-0.2, -0.15) is 5.26 Å². The number of halogens is 2. The number of benzene rings is 1. The van der Waals surface area contributed by atoms with Crippen LogP contribution in [0.15, 0.2) is 32.0 Å². The molecule has 0 aromatic heterocycles. The second-order valence-corrected chi connectivity index (χ2v) is 7.55. The van der Waals surface area contributed by atoms with Crippen molar-refractivity contribution in [1.82, 2.24) is 9.62 Å². The average molecular weight is 451 g/mol. The lowest BCUT2D eigenvalue weighted by Crippen LogP contribution is -2.20. The smallest absolute Gasteiger partial charge is 0.179 e. The molecule has 122 valence electrons. The zero-order chi connectivity index (χ0) is 16.4. The van der Waals surface area contributed by atoms with Gasteiger partial charge in [0.25, 0.3) is 0 Å². The molecule has 1 aromatic carbocycles. The van der Waals surface area contributed by atoms with Crippen LogP contribution in [0.5, 0.6) is 0 Å². The Hall–Kier alpha value is -0.260. The molecule has 1 N–H and O–H groups in total. The second-order valence-electron chi connectivity index (χ2n) is 4.85. The van der Waals surface area contributed by atoms with E-state index in [2.05, 4.69) is 55.8 Å². The first-order valence-electron chi connectivity index (χ1n) is 7.08. The minimum Gasteiger partial charge on any atom is -0.383 e. The largest absolute Gasteiger partial charge is 0.383 e. The van der Waals surface area contributed by atoms with Gasteiger partial charge in [0, 0.05) is 40.1 Å². The summed E-state index contributed by atoms with van der Waals surface area (Å²) in [5.41, 5.74) is 0. The topological polar surface area (TPSA) is 48.3 Å². The predicted molar refractivity (Wildman–Crippen MR) is 98.6 cm³/mol. The minimum absolute atomic E-state index is 0.500. The predicted octanol–water partition coefficient (Wildman–Crippen LogP) is 4.41. The summed E-state index contributed by atoms with van der Waals surface area (Å²) in [7, 11) is 1.70. The van der Waals surface area contributed by atoms with Crippen LogP contribution in [-0.4, -0.2) is 37.7 Å². The van der Waals surface area contributed by atoms with Gasteiger partial charge in [-0.3, -0.25) is 4.72 Å². The Balaban J connectivity index is 0.000000255. The van der Waals surface area contributed by atoms with Gasteiger partial charge in [-0.15, -0.1) is 0 Å². The zero-order valence-electron chi connectivity index (χ0n) is 12.8. The molecule has 0 aliphatic carbocycles. The standard InChI is InChI=1S/C9H11Br2NOS.C6H10N2/c1-13-5-4-12-14-9-6-7(10)2-3-8(9)11;1-6-3-2-4-8(6)5-7/h2-3,6,12H,4-5H2,1H3;6H,2-4H2,1H3/t;6-/m.0/s1. The number of nitrogens with zero attached hydrogens (tertiary/aromatic N) is 2. The van der Waals surface area contributed by atoms with Gasteiger partial charge in [-0.1, -0.05) is 15.9 Å². The molecule has 1 atom stereocenters. The number of methoxy groups -OCH3 is 1. The fourth-order valence-corrected chi connectivity index (χ4v) is 3.60. The SMILES string of the molecule is COCCNSc1cc(Br)ccc1Br.C[C@H]1CCCN1C#N. The number of nitriles is 1. The molecular weight excluding hydrogens is 430 g/mol. The Morgan fingerprint density at radius 3 is 2.82 bits per heavy atom. The van der Waals surface area contributed by atoms with Crippen LogP contribution in [0.2, 0.25) is 0 Å². The molecule has 1 saturated heterocycles. The number of likely N-dealkylation sites (tertiary alicyclic amines) is 1. The fraction of sp³-hybridized carbons (Fsp3) is 0.533. The molecule has 1 aromatic rings. The minimum atomic E-state index is 0.500. The summed E-state index contributed by atoms with van der Waals surface area (Å²) in [6.45, 7) is 4.62. The lowest BCUT2D eigenvalue weighted by Gasteiger charge is -2.10. The second kappa shape index (κ2) is 11.3. The molecule has 1 heterocycles. The van der Waals surface area contributed by atoms with Crippen molar-refractivity contribution in [3.05, 3.63) is 27.1 Å². The van der Waals surface area contributed by atoms with Crippen molar-refractivity contribution >= 4 is 43.8 Å². The van der Waals surface area contributed by atoms with Gasteiger partial charge in [0.05, 0.1) is 6.61 Å². The fourth-order valence-electron chi connectivity index (χ4n) is 1.91. The highest BCUT2D eigenvalue weighted by Crippen LogP contribution is 2.28. The van der Waals surface area contributed by atoms with Crippen molar-refractivity contribution in [3.8, 4) is 6.19 Å². The number of hydrogen-bond donors (Lipinski definition) is 1. The van der Waals surface area contributed by atoms with Gasteiger partial charge in [0.1, 0.15) is 0 Å². The number of nitrogens with one attached hydrogen (secondary N) is 1. The highest BCUT2D eigenvalue weighted by Gasteiger charge is 2.17. The monoisotopic (exact) mass is 449 g/mol. The van der Waals surface area contributed by atoms with Crippen LogP contribution in [0.1, 0.15) is 19.8 Å². The third-order valence-electron chi connectivity index (χ3n) is 3.17. The molecular formula is C15H21Br2N3OS. The molecule has 0 radical (unpaired) electrons. The highest BCUT2D eigenvalue weighted by atomic mass is 79.9. The molecule has 1 aliphatic heterocycles. The first-order chi connectivity index (χ1) is 10.6. The third-order valence-corrected chi connectivity index (χ3v) is 5.52. The van der Waals surface area contributed by atoms with E-state index in [0.29, 0.717) is 6.04 Å². The molecule has 0 unspecified atom stereocenters. The van der Waals surface area contributed by atoms with Crippen molar-refractivity contribution in [3.63, 3.8) is 0 Å². The van der Waals surface area contributed by atoms with Crippen molar-refractivity contribution in [1.29, 1.82) is 5.26 Å². The van der Waals surface area contributed by atoms with E-state index in [1.54, 1.807) is 19.1 Å². The van der Waals surface area contributed by atoms with Crippen LogP contribution in [0.25, 0.3) is 0 Å². The maximum atomic E-state index is 8.41. The molecule has 0 bridgehead atoms. The first kappa shape index (κ1) is 19.8. The van der Waals surface area contributed by atoms with Gasteiger partial charge in [0.15, 0.2) is 6.19 Å². The van der Waals surface area contributed by atoms with Crippen molar-refractivity contribution in [2.24, 2.45) is 0 Å². The third kappa shape index (κ3) is 7.34. The van der Waals surface area contributed by atoms with E-state index in [9.17, 15) is 0 Å². The molecule has 0 spiro atoms. The van der Waals surface area contributed by atoms with Crippen LogP contribution >= 0.6 is 43.8 Å². The average Bonchev–Trinajstić information content (AvgIpc) is 2.93. The first-order valence-corrected chi connectivity index (χ1v) is 9.48. The molecule has 0 saturated carbocycles. The summed E-state index contributed by atoms with van der Waals surface area (Å²) < 4.78 is 10.3. The van der Waals surface area contributed by atoms with E-state index in [0.717, 1.165) is 33.5 Å². The molecule has 22 heavy (non-hydrogen) atoms. The quantitative estimate of drug-likeness (QED) is 0.409. The Kier molecular flexibility index (Phi) is 10.2. The van der Waals surface area contributed by atoms with E-state index >= 15 is 0 Å². The Morgan fingerprint density at radius 1 is 1.50 bits per heavy atom. The lowest BCUT2D eigenvalue weighted by atomic mass is 10.2. The van der Waals surface area contributed by atoms with Crippen molar-refractivity contribution < 1.29 is 4.74 Å². The normalized spacial score (nSPS) is 16.9. The van der Waals surface area contributed by atoms with E-state index in [4.69, 9.17) is 10.00 Å². The van der Waals surface area contributed by atoms with E-state index < -0.39 is 0 Å². The number of rotatable bonds is 5. The van der Waals surface area contributed by atoms with Gasteiger partial charge in [-0.05, 0) is 65.8 Å². The Bertz CT molecular complexity index is 496. The molecule has 7 heteroatoms. The van der Waals surface area contributed by atoms with Crippen LogP contribution in [0, 0.1) is 11.5 Å². The maximum absolute atomic E-state index is 8.41. The van der Waals surface area contributed by atoms with Gasteiger partial charge >= 0.3 is 0 Å². The van der Waals surface area contributed by atoms with Crippen molar-refractivity contribution in [2.45, 2.75) is 30.7 Å². The van der Waals surface area contributed by atoms with E-state index in [1.807, 2.05) is 17.0 Å². The Morgan fingerprint density at radius 2 is 2.27 bits per heavy atom. The summed E-state index contributed by atoms with van der Waals surface area (Å²) in [5, 5.41) is 8.41. The highest BCUT2D eigenvalue weighted by molar-refractivity contribution is 9.11. The van der Waals surface area contributed by atoms with Crippen LogP contribution in [-0.2, 0) is 4.74 Å². The summed E-state index contributed by atoms with van der Waals surface area (Å²) >= 11 is 8.51.